The summed E-state index contributed by atoms with van der Waals surface area (Å²) in [6.45, 7) is 4.28. The van der Waals surface area contributed by atoms with E-state index in [-0.39, 0.29) is 11.6 Å². The summed E-state index contributed by atoms with van der Waals surface area (Å²) in [5.74, 6) is 0.246. The largest absolute Gasteiger partial charge is 0.493 e. The Morgan fingerprint density at radius 2 is 1.94 bits per heavy atom. The highest BCUT2D eigenvalue weighted by Gasteiger charge is 2.30. The molecule has 0 unspecified atom stereocenters. The third-order valence-electron chi connectivity index (χ3n) is 6.91. The molecule has 1 heterocycles. The molecule has 180 valence electrons. The highest BCUT2D eigenvalue weighted by atomic mass is 35.5. The number of carbonyl (C=O) groups is 1. The van der Waals surface area contributed by atoms with E-state index in [0.29, 0.717) is 39.8 Å². The molecule has 0 aromatic heterocycles. The maximum absolute atomic E-state index is 14.5. The summed E-state index contributed by atoms with van der Waals surface area (Å²) in [7, 11) is 1.50. The van der Waals surface area contributed by atoms with Gasteiger partial charge in [-0.3, -0.25) is 9.69 Å². The molecule has 8 heteroatoms. The Hall–Kier alpha value is -2.33. The van der Waals surface area contributed by atoms with Gasteiger partial charge >= 0.3 is 0 Å². The third-order valence-corrected chi connectivity index (χ3v) is 7.42. The molecule has 34 heavy (non-hydrogen) atoms. The quantitative estimate of drug-likeness (QED) is 0.496. The van der Waals surface area contributed by atoms with Gasteiger partial charge in [0.2, 0.25) is 0 Å². The molecule has 1 saturated carbocycles. The monoisotopic (exact) mass is 503 g/mol. The van der Waals surface area contributed by atoms with Crippen LogP contribution in [0.1, 0.15) is 71.6 Å². The molecule has 1 saturated heterocycles. The van der Waals surface area contributed by atoms with Crippen LogP contribution in [0, 0.1) is 23.1 Å². The molecule has 2 aromatic carbocycles. The fraction of sp³-hybridized carbons (Fsp3) is 0.462. The molecule has 0 bridgehead atoms. The number of carbonyl (C=O) groups excluding carboxylic acids is 1. The van der Waals surface area contributed by atoms with Crippen LogP contribution in [-0.2, 0) is 0 Å². The van der Waals surface area contributed by atoms with Gasteiger partial charge in [0, 0.05) is 24.2 Å². The Bertz CT molecular complexity index is 1120. The number of halogens is 3. The zero-order valence-electron chi connectivity index (χ0n) is 19.3. The van der Waals surface area contributed by atoms with Crippen molar-refractivity contribution < 1.29 is 13.9 Å². The lowest BCUT2D eigenvalue weighted by molar-refractivity contribution is 0.0958. The van der Waals surface area contributed by atoms with Gasteiger partial charge in [0.15, 0.2) is 0 Å². The summed E-state index contributed by atoms with van der Waals surface area (Å²) >= 11 is 12.4. The van der Waals surface area contributed by atoms with Crippen LogP contribution in [0.2, 0.25) is 10.0 Å². The fourth-order valence-electron chi connectivity index (χ4n) is 4.67. The van der Waals surface area contributed by atoms with E-state index in [1.807, 2.05) is 6.07 Å². The van der Waals surface area contributed by atoms with Gasteiger partial charge in [-0.05, 0) is 86.9 Å². The van der Waals surface area contributed by atoms with Gasteiger partial charge in [-0.25, -0.2) is 4.39 Å². The fourth-order valence-corrected chi connectivity index (χ4v) is 5.22. The summed E-state index contributed by atoms with van der Waals surface area (Å²) in [5.41, 5.74) is 2.30. The number of amides is 1. The predicted octanol–water partition coefficient (Wildman–Crippen LogP) is 6.09. The molecule has 1 aliphatic carbocycles. The average molecular weight is 504 g/mol. The van der Waals surface area contributed by atoms with Crippen molar-refractivity contribution in [1.29, 1.82) is 5.26 Å². The normalized spacial score (nSPS) is 17.8. The van der Waals surface area contributed by atoms with Gasteiger partial charge in [-0.15, -0.1) is 0 Å². The van der Waals surface area contributed by atoms with Crippen molar-refractivity contribution in [2.24, 2.45) is 5.92 Å². The molecule has 0 spiro atoms. The molecule has 5 nitrogen and oxygen atoms in total. The first kappa shape index (κ1) is 24.8. The van der Waals surface area contributed by atoms with E-state index in [2.05, 4.69) is 23.2 Å². The van der Waals surface area contributed by atoms with Crippen LogP contribution in [0.25, 0.3) is 0 Å². The zero-order valence-corrected chi connectivity index (χ0v) is 20.8. The molecule has 4 rings (SSSR count). The highest BCUT2D eigenvalue weighted by molar-refractivity contribution is 6.35. The Balaban J connectivity index is 1.39. The number of rotatable bonds is 7. The van der Waals surface area contributed by atoms with E-state index in [1.54, 1.807) is 12.1 Å². The first-order valence-corrected chi connectivity index (χ1v) is 12.4. The number of nitrogens with zero attached hydrogens (tertiary/aromatic N) is 2. The summed E-state index contributed by atoms with van der Waals surface area (Å²) in [6, 6.07) is 8.65. The van der Waals surface area contributed by atoms with Crippen molar-refractivity contribution >= 4 is 29.1 Å². The van der Waals surface area contributed by atoms with Gasteiger partial charge in [0.1, 0.15) is 17.6 Å². The number of likely N-dealkylation sites (tertiary alicyclic amines) is 1. The van der Waals surface area contributed by atoms with Gasteiger partial charge in [-0.2, -0.15) is 5.26 Å². The third kappa shape index (κ3) is 5.33. The molecular weight excluding hydrogens is 476 g/mol. The van der Waals surface area contributed by atoms with Crippen molar-refractivity contribution in [1.82, 2.24) is 10.2 Å². The van der Waals surface area contributed by atoms with Crippen molar-refractivity contribution in [3.05, 3.63) is 62.4 Å². The molecule has 1 amide bonds. The number of ether oxygens (including phenoxy) is 1. The van der Waals surface area contributed by atoms with Crippen LogP contribution in [0.15, 0.2) is 24.3 Å². The summed E-state index contributed by atoms with van der Waals surface area (Å²) in [4.78, 5) is 14.3. The minimum atomic E-state index is -0.559. The highest BCUT2D eigenvalue weighted by Crippen LogP contribution is 2.45. The second-order valence-electron chi connectivity index (χ2n) is 9.15. The van der Waals surface area contributed by atoms with E-state index in [4.69, 9.17) is 27.9 Å². The maximum atomic E-state index is 14.5. The number of nitrogens with one attached hydrogen (secondary N) is 1. The molecule has 2 fully saturated rings. The lowest BCUT2D eigenvalue weighted by atomic mass is 9.94. The SMILES string of the molecule is CNC(=O)c1cc(C2CC2)c(OCC2CCN([C@H](C)c3cc(Cl)cc(Cl)c3C#N)CC2)cc1F. The van der Waals surface area contributed by atoms with Gasteiger partial charge in [0.25, 0.3) is 5.91 Å². The molecule has 1 N–H and O–H groups in total. The van der Waals surface area contributed by atoms with Crippen LogP contribution in [0.3, 0.4) is 0 Å². The maximum Gasteiger partial charge on any atom is 0.254 e. The minimum absolute atomic E-state index is 0.0144. The van der Waals surface area contributed by atoms with Crippen LogP contribution in [0.4, 0.5) is 4.39 Å². The van der Waals surface area contributed by atoms with Crippen LogP contribution < -0.4 is 10.1 Å². The van der Waals surface area contributed by atoms with E-state index in [0.717, 1.165) is 49.9 Å². The standard InChI is InChI=1S/C26H28Cl2FN3O2/c1-15(19-9-18(27)10-23(28)22(19)13-30)32-7-5-16(6-8-32)14-34-25-12-24(29)21(26(33)31-2)11-20(25)17-3-4-17/h9-12,15-17H,3-8,14H2,1-2H3,(H,31,33)/t15-/m1/s1. The summed E-state index contributed by atoms with van der Waals surface area (Å²) in [6.07, 6.45) is 3.92. The number of nitriles is 1. The average Bonchev–Trinajstić information content (AvgIpc) is 3.67. The summed E-state index contributed by atoms with van der Waals surface area (Å²) in [5, 5.41) is 12.9. The van der Waals surface area contributed by atoms with E-state index >= 15 is 0 Å². The Morgan fingerprint density at radius 1 is 1.24 bits per heavy atom. The predicted molar refractivity (Wildman–Crippen MR) is 131 cm³/mol. The molecule has 1 atom stereocenters. The first-order valence-electron chi connectivity index (χ1n) is 11.6. The zero-order chi connectivity index (χ0) is 24.4. The minimum Gasteiger partial charge on any atom is -0.493 e. The first-order chi connectivity index (χ1) is 16.3. The number of piperidine rings is 1. The van der Waals surface area contributed by atoms with Crippen LogP contribution in [0.5, 0.6) is 5.75 Å². The second kappa shape index (κ2) is 10.5. The Kier molecular flexibility index (Phi) is 7.67. The van der Waals surface area contributed by atoms with Crippen molar-refractivity contribution in [3.63, 3.8) is 0 Å². The summed E-state index contributed by atoms with van der Waals surface area (Å²) < 4.78 is 20.7. The Morgan fingerprint density at radius 3 is 2.56 bits per heavy atom. The molecule has 0 radical (unpaired) electrons. The van der Waals surface area contributed by atoms with Gasteiger partial charge in [0.05, 0.1) is 22.8 Å². The lowest BCUT2D eigenvalue weighted by Gasteiger charge is -2.36. The second-order valence-corrected chi connectivity index (χ2v) is 10.00. The smallest absolute Gasteiger partial charge is 0.254 e. The number of hydrogen-bond donors (Lipinski definition) is 1. The van der Waals surface area contributed by atoms with Crippen LogP contribution >= 0.6 is 23.2 Å². The molecule has 2 aliphatic rings. The number of hydrogen-bond acceptors (Lipinski definition) is 4. The van der Waals surface area contributed by atoms with E-state index in [9.17, 15) is 14.4 Å². The number of benzene rings is 2. The van der Waals surface area contributed by atoms with Crippen molar-refractivity contribution in [2.75, 3.05) is 26.7 Å². The van der Waals surface area contributed by atoms with Crippen molar-refractivity contribution in [2.45, 2.75) is 44.6 Å². The topological polar surface area (TPSA) is 65.4 Å². The van der Waals surface area contributed by atoms with Gasteiger partial charge < -0.3 is 10.1 Å². The van der Waals surface area contributed by atoms with Crippen molar-refractivity contribution in [3.8, 4) is 11.8 Å². The van der Waals surface area contributed by atoms with E-state index in [1.165, 1.54) is 13.1 Å². The van der Waals surface area contributed by atoms with Gasteiger partial charge in [-0.1, -0.05) is 23.2 Å². The molecule has 1 aliphatic heterocycles. The van der Waals surface area contributed by atoms with Crippen LogP contribution in [-0.4, -0.2) is 37.6 Å². The molecule has 2 aromatic rings. The van der Waals surface area contributed by atoms with E-state index < -0.39 is 11.7 Å². The Labute approximate surface area is 209 Å². The lowest BCUT2D eigenvalue weighted by Crippen LogP contribution is -2.37. The molecular formula is C26H28Cl2FN3O2.